The number of carbonyl (C=O) groups excluding carboxylic acids is 1. The third kappa shape index (κ3) is 5.11. The molecule has 0 saturated carbocycles. The zero-order valence-corrected chi connectivity index (χ0v) is 16.5. The minimum Gasteiger partial charge on any atom is -0.492 e. The van der Waals surface area contributed by atoms with Crippen molar-refractivity contribution in [2.24, 2.45) is 0 Å². The van der Waals surface area contributed by atoms with Crippen molar-refractivity contribution in [3.63, 3.8) is 0 Å². The average molecular weight is 426 g/mol. The molecule has 27 heavy (non-hydrogen) atoms. The smallest absolute Gasteiger partial charge is 0.251 e. The van der Waals surface area contributed by atoms with Gasteiger partial charge in [-0.05, 0) is 39.2 Å². The van der Waals surface area contributed by atoms with E-state index in [0.29, 0.717) is 34.7 Å². The van der Waals surface area contributed by atoms with Gasteiger partial charge in [0.2, 0.25) is 0 Å². The van der Waals surface area contributed by atoms with Crippen molar-refractivity contribution in [3.05, 3.63) is 94.0 Å². The summed E-state index contributed by atoms with van der Waals surface area (Å²) in [7, 11) is 1.57. The van der Waals surface area contributed by atoms with E-state index >= 15 is 0 Å². The lowest BCUT2D eigenvalue weighted by Crippen LogP contribution is -2.22. The minimum absolute atomic E-state index is 0.174. The summed E-state index contributed by atoms with van der Waals surface area (Å²) in [6.45, 7) is 0.849. The number of rotatable bonds is 7. The summed E-state index contributed by atoms with van der Waals surface area (Å²) in [5.74, 6) is 0.901. The summed E-state index contributed by atoms with van der Waals surface area (Å²) in [5.41, 5.74) is 2.58. The first-order valence-corrected chi connectivity index (χ1v) is 9.33. The quantitative estimate of drug-likeness (QED) is 0.581. The predicted octanol–water partition coefficient (Wildman–Crippen LogP) is 4.97. The van der Waals surface area contributed by atoms with E-state index in [1.807, 2.05) is 60.7 Å². The molecule has 4 nitrogen and oxygen atoms in total. The maximum atomic E-state index is 12.6. The molecule has 0 aromatic heterocycles. The molecule has 0 spiro atoms. The van der Waals surface area contributed by atoms with E-state index in [1.54, 1.807) is 19.2 Å². The maximum absolute atomic E-state index is 12.6. The van der Waals surface area contributed by atoms with Crippen molar-refractivity contribution in [3.8, 4) is 11.5 Å². The first-order chi connectivity index (χ1) is 13.2. The van der Waals surface area contributed by atoms with Crippen LogP contribution in [0.5, 0.6) is 11.5 Å². The summed E-state index contributed by atoms with van der Waals surface area (Å²) in [6.07, 6.45) is 0. The van der Waals surface area contributed by atoms with E-state index in [9.17, 15) is 4.79 Å². The number of ether oxygens (including phenoxy) is 2. The SMILES string of the molecule is COc1c(Br)cc(C(=O)NCc2ccccc2)cc1OCc1ccccc1. The molecule has 0 aliphatic rings. The van der Waals surface area contributed by atoms with Gasteiger partial charge < -0.3 is 14.8 Å². The highest BCUT2D eigenvalue weighted by Gasteiger charge is 2.15. The second-order valence-electron chi connectivity index (χ2n) is 5.93. The Morgan fingerprint density at radius 1 is 0.963 bits per heavy atom. The Bertz CT molecular complexity index is 898. The molecule has 1 N–H and O–H groups in total. The van der Waals surface area contributed by atoms with Gasteiger partial charge in [0.05, 0.1) is 11.6 Å². The molecular formula is C22H20BrNO3. The molecule has 5 heteroatoms. The van der Waals surface area contributed by atoms with Crippen LogP contribution in [0.2, 0.25) is 0 Å². The van der Waals surface area contributed by atoms with Crippen LogP contribution < -0.4 is 14.8 Å². The number of carbonyl (C=O) groups is 1. The number of methoxy groups -OCH3 is 1. The van der Waals surface area contributed by atoms with Crippen LogP contribution in [0.15, 0.2) is 77.3 Å². The van der Waals surface area contributed by atoms with Crippen molar-refractivity contribution in [2.45, 2.75) is 13.2 Å². The standard InChI is InChI=1S/C22H20BrNO3/c1-26-21-19(23)12-18(22(25)24-14-16-8-4-2-5-9-16)13-20(21)27-15-17-10-6-3-7-11-17/h2-13H,14-15H2,1H3,(H,24,25). The van der Waals surface area contributed by atoms with Crippen LogP contribution in [0.4, 0.5) is 0 Å². The van der Waals surface area contributed by atoms with Gasteiger partial charge in [0.25, 0.3) is 5.91 Å². The molecule has 0 atom stereocenters. The van der Waals surface area contributed by atoms with Gasteiger partial charge >= 0.3 is 0 Å². The van der Waals surface area contributed by atoms with Gasteiger partial charge in [-0.1, -0.05) is 60.7 Å². The largest absolute Gasteiger partial charge is 0.492 e. The zero-order valence-electron chi connectivity index (χ0n) is 14.9. The van der Waals surface area contributed by atoms with Crippen LogP contribution in [0, 0.1) is 0 Å². The van der Waals surface area contributed by atoms with E-state index in [-0.39, 0.29) is 5.91 Å². The summed E-state index contributed by atoms with van der Waals surface area (Å²) >= 11 is 3.46. The van der Waals surface area contributed by atoms with E-state index in [1.165, 1.54) is 0 Å². The fourth-order valence-corrected chi connectivity index (χ4v) is 3.22. The summed E-state index contributed by atoms with van der Waals surface area (Å²) in [4.78, 5) is 12.6. The molecule has 1 amide bonds. The van der Waals surface area contributed by atoms with Crippen molar-refractivity contribution < 1.29 is 14.3 Å². The zero-order chi connectivity index (χ0) is 19.1. The Labute approximate surface area is 167 Å². The summed E-state index contributed by atoms with van der Waals surface area (Å²) in [6, 6.07) is 23.1. The number of halogens is 1. The van der Waals surface area contributed by atoms with E-state index in [4.69, 9.17) is 9.47 Å². The van der Waals surface area contributed by atoms with Crippen LogP contribution in [-0.2, 0) is 13.2 Å². The van der Waals surface area contributed by atoms with Crippen molar-refractivity contribution >= 4 is 21.8 Å². The molecule has 0 radical (unpaired) electrons. The Morgan fingerprint density at radius 2 is 1.59 bits per heavy atom. The van der Waals surface area contributed by atoms with Crippen molar-refractivity contribution in [2.75, 3.05) is 7.11 Å². The molecular weight excluding hydrogens is 406 g/mol. The molecule has 0 saturated heterocycles. The Hall–Kier alpha value is -2.79. The van der Waals surface area contributed by atoms with E-state index in [2.05, 4.69) is 21.2 Å². The molecule has 0 unspecified atom stereocenters. The van der Waals surface area contributed by atoms with Gasteiger partial charge in [-0.25, -0.2) is 0 Å². The third-order valence-corrected chi connectivity index (χ3v) is 4.60. The lowest BCUT2D eigenvalue weighted by atomic mass is 10.1. The molecule has 138 valence electrons. The normalized spacial score (nSPS) is 10.3. The fraction of sp³-hybridized carbons (Fsp3) is 0.136. The highest BCUT2D eigenvalue weighted by molar-refractivity contribution is 9.10. The molecule has 3 rings (SSSR count). The lowest BCUT2D eigenvalue weighted by Gasteiger charge is -2.14. The van der Waals surface area contributed by atoms with Crippen LogP contribution in [0.25, 0.3) is 0 Å². The number of hydrogen-bond donors (Lipinski definition) is 1. The number of benzene rings is 3. The monoisotopic (exact) mass is 425 g/mol. The number of amides is 1. The highest BCUT2D eigenvalue weighted by atomic mass is 79.9. The molecule has 0 heterocycles. The first kappa shape index (κ1) is 19.0. The van der Waals surface area contributed by atoms with Gasteiger partial charge in [-0.15, -0.1) is 0 Å². The van der Waals surface area contributed by atoms with Crippen molar-refractivity contribution in [1.29, 1.82) is 0 Å². The molecule has 0 bridgehead atoms. The van der Waals surface area contributed by atoms with Crippen LogP contribution >= 0.6 is 15.9 Å². The van der Waals surface area contributed by atoms with Gasteiger partial charge in [0, 0.05) is 12.1 Å². The average Bonchev–Trinajstić information content (AvgIpc) is 2.71. The second kappa shape index (κ2) is 9.24. The molecule has 0 aliphatic heterocycles. The Balaban J connectivity index is 1.75. The molecule has 3 aromatic carbocycles. The highest BCUT2D eigenvalue weighted by Crippen LogP contribution is 2.37. The molecule has 0 fully saturated rings. The molecule has 0 aliphatic carbocycles. The number of nitrogens with one attached hydrogen (secondary N) is 1. The van der Waals surface area contributed by atoms with Crippen molar-refractivity contribution in [1.82, 2.24) is 5.32 Å². The maximum Gasteiger partial charge on any atom is 0.251 e. The van der Waals surface area contributed by atoms with E-state index in [0.717, 1.165) is 11.1 Å². The van der Waals surface area contributed by atoms with E-state index < -0.39 is 0 Å². The Kier molecular flexibility index (Phi) is 6.49. The van der Waals surface area contributed by atoms with Gasteiger partial charge in [0.15, 0.2) is 11.5 Å². The third-order valence-electron chi connectivity index (χ3n) is 4.01. The second-order valence-corrected chi connectivity index (χ2v) is 6.79. The minimum atomic E-state index is -0.174. The Morgan fingerprint density at radius 3 is 2.22 bits per heavy atom. The first-order valence-electron chi connectivity index (χ1n) is 8.54. The number of hydrogen-bond acceptors (Lipinski definition) is 3. The predicted molar refractivity (Wildman–Crippen MR) is 109 cm³/mol. The van der Waals surface area contributed by atoms with Gasteiger partial charge in [-0.3, -0.25) is 4.79 Å². The summed E-state index contributed by atoms with van der Waals surface area (Å²) < 4.78 is 12.0. The van der Waals surface area contributed by atoms with Gasteiger partial charge in [0.1, 0.15) is 6.61 Å². The lowest BCUT2D eigenvalue weighted by molar-refractivity contribution is 0.0950. The molecule has 3 aromatic rings. The van der Waals surface area contributed by atoms with Crippen LogP contribution in [0.3, 0.4) is 0 Å². The summed E-state index contributed by atoms with van der Waals surface area (Å²) in [5, 5.41) is 2.92. The topological polar surface area (TPSA) is 47.6 Å². The van der Waals surface area contributed by atoms with Crippen LogP contribution in [-0.4, -0.2) is 13.0 Å². The van der Waals surface area contributed by atoms with Crippen LogP contribution in [0.1, 0.15) is 21.5 Å². The fourth-order valence-electron chi connectivity index (χ4n) is 2.62. The van der Waals surface area contributed by atoms with Gasteiger partial charge in [-0.2, -0.15) is 0 Å².